The summed E-state index contributed by atoms with van der Waals surface area (Å²) in [5.74, 6) is -2.23. The maximum absolute atomic E-state index is 14.5. The van der Waals surface area contributed by atoms with Gasteiger partial charge in [-0.05, 0) is 55.9 Å². The summed E-state index contributed by atoms with van der Waals surface area (Å²) >= 11 is 7.69. The van der Waals surface area contributed by atoms with Gasteiger partial charge in [-0.15, -0.1) is 24.9 Å². The molecule has 0 radical (unpaired) electrons. The molecule has 0 aromatic heterocycles. The van der Waals surface area contributed by atoms with E-state index in [2.05, 4.69) is 13.2 Å². The summed E-state index contributed by atoms with van der Waals surface area (Å²) in [4.78, 5) is 45.3. The molecule has 1 N–H and O–H groups in total. The summed E-state index contributed by atoms with van der Waals surface area (Å²) < 4.78 is 4.86. The smallest absolute Gasteiger partial charge is 0.310 e. The number of aliphatic hydroxyl groups is 1. The van der Waals surface area contributed by atoms with Crippen LogP contribution >= 0.6 is 23.4 Å². The summed E-state index contributed by atoms with van der Waals surface area (Å²) in [7, 11) is 0. The Kier molecular flexibility index (Phi) is 8.95. The number of carbonyl (C=O) groups is 3. The molecule has 3 saturated heterocycles. The molecule has 38 heavy (non-hydrogen) atoms. The summed E-state index contributed by atoms with van der Waals surface area (Å²) in [6.45, 7) is 11.6. The van der Waals surface area contributed by atoms with Crippen molar-refractivity contribution in [3.05, 3.63) is 54.6 Å². The summed E-state index contributed by atoms with van der Waals surface area (Å²) in [5.41, 5.74) is 0.646. The van der Waals surface area contributed by atoms with Crippen molar-refractivity contribution in [2.24, 2.45) is 17.8 Å². The fourth-order valence-electron chi connectivity index (χ4n) is 6.33. The Morgan fingerprint density at radius 2 is 2.00 bits per heavy atom. The predicted molar refractivity (Wildman–Crippen MR) is 151 cm³/mol. The SMILES string of the molecule is C=CCCCOC(=O)[C@@H]1[C@H]2C(=O)N([C@@H](CO)C(C)C)C(C(=O)N(CC=C)c3ccc(Cl)cc3)C23CC[C@H]1S3. The van der Waals surface area contributed by atoms with E-state index in [1.165, 1.54) is 0 Å². The van der Waals surface area contributed by atoms with Gasteiger partial charge in [-0.25, -0.2) is 0 Å². The van der Waals surface area contributed by atoms with Gasteiger partial charge in [-0.2, -0.15) is 0 Å². The molecule has 2 amide bonds. The molecule has 9 heteroatoms. The molecule has 0 aliphatic carbocycles. The van der Waals surface area contributed by atoms with Crippen molar-refractivity contribution in [1.82, 2.24) is 4.90 Å². The van der Waals surface area contributed by atoms with E-state index >= 15 is 0 Å². The fourth-order valence-corrected chi connectivity index (χ4v) is 8.65. The molecule has 3 fully saturated rings. The van der Waals surface area contributed by atoms with Crippen molar-refractivity contribution < 1.29 is 24.2 Å². The van der Waals surface area contributed by atoms with Crippen molar-refractivity contribution in [3.63, 3.8) is 0 Å². The van der Waals surface area contributed by atoms with Gasteiger partial charge < -0.3 is 19.6 Å². The highest BCUT2D eigenvalue weighted by molar-refractivity contribution is 8.02. The van der Waals surface area contributed by atoms with E-state index < -0.39 is 28.7 Å². The highest BCUT2D eigenvalue weighted by atomic mass is 35.5. The minimum Gasteiger partial charge on any atom is -0.465 e. The zero-order valence-corrected chi connectivity index (χ0v) is 23.6. The lowest BCUT2D eigenvalue weighted by Crippen LogP contribution is -2.58. The maximum Gasteiger partial charge on any atom is 0.310 e. The number of carbonyl (C=O) groups excluding carboxylic acids is 3. The number of aliphatic hydroxyl groups excluding tert-OH is 1. The third-order valence-electron chi connectivity index (χ3n) is 8.07. The molecule has 6 atom stereocenters. The number of hydrogen-bond donors (Lipinski definition) is 1. The number of allylic oxidation sites excluding steroid dienone is 1. The summed E-state index contributed by atoms with van der Waals surface area (Å²) in [6, 6.07) is 5.60. The number of benzene rings is 1. The van der Waals surface area contributed by atoms with Gasteiger partial charge in [0.25, 0.3) is 5.91 Å². The Bertz CT molecular complexity index is 1080. The molecule has 7 nitrogen and oxygen atoms in total. The fraction of sp³-hybridized carbons (Fsp3) is 0.552. The van der Waals surface area contributed by atoms with E-state index in [0.29, 0.717) is 23.6 Å². The number of anilines is 1. The highest BCUT2D eigenvalue weighted by Crippen LogP contribution is 2.67. The number of ether oxygens (including phenoxy) is 1. The van der Waals surface area contributed by atoms with Crippen LogP contribution in [-0.4, -0.2) is 69.6 Å². The van der Waals surface area contributed by atoms with E-state index in [-0.39, 0.29) is 48.7 Å². The van der Waals surface area contributed by atoms with Crippen LogP contribution in [0, 0.1) is 17.8 Å². The third-order valence-corrected chi connectivity index (χ3v) is 10.3. The normalized spacial score (nSPS) is 28.3. The quantitative estimate of drug-likeness (QED) is 0.230. The molecular weight excluding hydrogens is 524 g/mol. The van der Waals surface area contributed by atoms with Crippen molar-refractivity contribution in [2.75, 3.05) is 24.7 Å². The lowest BCUT2D eigenvalue weighted by molar-refractivity contribution is -0.154. The Morgan fingerprint density at radius 1 is 1.29 bits per heavy atom. The molecule has 3 aliphatic heterocycles. The monoisotopic (exact) mass is 560 g/mol. The van der Waals surface area contributed by atoms with Gasteiger partial charge in [0, 0.05) is 22.5 Å². The largest absolute Gasteiger partial charge is 0.465 e. The van der Waals surface area contributed by atoms with Crippen LogP contribution in [0.25, 0.3) is 0 Å². The molecule has 4 rings (SSSR count). The van der Waals surface area contributed by atoms with Gasteiger partial charge >= 0.3 is 5.97 Å². The third kappa shape index (κ3) is 4.91. The van der Waals surface area contributed by atoms with Crippen LogP contribution in [0.1, 0.15) is 39.5 Å². The molecule has 2 unspecified atom stereocenters. The van der Waals surface area contributed by atoms with Crippen LogP contribution in [0.3, 0.4) is 0 Å². The molecule has 0 saturated carbocycles. The van der Waals surface area contributed by atoms with Gasteiger partial charge in [0.05, 0.1) is 35.8 Å². The minimum atomic E-state index is -0.830. The molecule has 1 spiro atoms. The molecule has 206 valence electrons. The number of likely N-dealkylation sites (tertiary alicyclic amines) is 1. The first-order valence-electron chi connectivity index (χ1n) is 13.3. The topological polar surface area (TPSA) is 87.1 Å². The van der Waals surface area contributed by atoms with Crippen LogP contribution in [0.15, 0.2) is 49.6 Å². The number of hydrogen-bond acceptors (Lipinski definition) is 6. The van der Waals surface area contributed by atoms with Gasteiger partial charge in [0.1, 0.15) is 6.04 Å². The molecule has 1 aromatic rings. The number of thioether (sulfide) groups is 1. The van der Waals surface area contributed by atoms with Gasteiger partial charge in [-0.3, -0.25) is 14.4 Å². The molecule has 1 aromatic carbocycles. The van der Waals surface area contributed by atoms with Crippen LogP contribution in [0.5, 0.6) is 0 Å². The predicted octanol–water partition coefficient (Wildman–Crippen LogP) is 4.48. The number of unbranched alkanes of at least 4 members (excludes halogenated alkanes) is 1. The number of halogens is 1. The summed E-state index contributed by atoms with van der Waals surface area (Å²) in [5, 5.41) is 10.9. The Balaban J connectivity index is 1.75. The van der Waals surface area contributed by atoms with Crippen LogP contribution in [0.2, 0.25) is 5.02 Å². The van der Waals surface area contributed by atoms with Crippen LogP contribution < -0.4 is 4.90 Å². The van der Waals surface area contributed by atoms with Gasteiger partial charge in [0.15, 0.2) is 0 Å². The van der Waals surface area contributed by atoms with E-state index in [9.17, 15) is 19.5 Å². The van der Waals surface area contributed by atoms with E-state index in [1.54, 1.807) is 58.0 Å². The number of rotatable bonds is 12. The Labute approximate surface area is 234 Å². The molecular formula is C29H37ClN2O5S. The van der Waals surface area contributed by atoms with Crippen molar-refractivity contribution in [3.8, 4) is 0 Å². The standard InChI is InChI=1S/C29H37ClN2O5S/c1-5-7-8-16-37-28(36)23-22-13-14-29(38-22)24(23)26(34)32(21(17-33)18(3)4)25(29)27(35)31(15-6-2)20-11-9-19(30)10-12-20/h5-6,9-12,18,21-25,33H,1-2,7-8,13-17H2,3-4H3/t21-,22+,23-,24-,25?,29?/m0/s1. The second-order valence-corrected chi connectivity index (χ2v) is 12.6. The zero-order chi connectivity index (χ0) is 27.6. The average Bonchev–Trinajstić information content (AvgIpc) is 3.53. The number of amides is 2. The lowest BCUT2D eigenvalue weighted by atomic mass is 9.71. The number of fused-ring (bicyclic) bond motifs is 1. The maximum atomic E-state index is 14.5. The molecule has 2 bridgehead atoms. The summed E-state index contributed by atoms with van der Waals surface area (Å²) in [6.07, 6.45) is 6.22. The second-order valence-electron chi connectivity index (χ2n) is 10.6. The Morgan fingerprint density at radius 3 is 2.61 bits per heavy atom. The highest BCUT2D eigenvalue weighted by Gasteiger charge is 2.75. The van der Waals surface area contributed by atoms with E-state index in [1.807, 2.05) is 13.8 Å². The average molecular weight is 561 g/mol. The van der Waals surface area contributed by atoms with Crippen molar-refractivity contribution in [2.45, 2.75) is 61.6 Å². The lowest BCUT2D eigenvalue weighted by Gasteiger charge is -2.40. The first kappa shape index (κ1) is 28.7. The van der Waals surface area contributed by atoms with Crippen molar-refractivity contribution >= 4 is 46.8 Å². The number of nitrogens with zero attached hydrogens (tertiary/aromatic N) is 2. The van der Waals surface area contributed by atoms with Crippen LogP contribution in [-0.2, 0) is 19.1 Å². The molecule has 3 aliphatic rings. The van der Waals surface area contributed by atoms with Gasteiger partial charge in [-0.1, -0.05) is 37.6 Å². The molecule has 3 heterocycles. The minimum absolute atomic E-state index is 0.0803. The van der Waals surface area contributed by atoms with E-state index in [4.69, 9.17) is 16.3 Å². The first-order valence-corrected chi connectivity index (χ1v) is 14.5. The second kappa shape index (κ2) is 11.8. The van der Waals surface area contributed by atoms with E-state index in [0.717, 1.165) is 12.8 Å². The Hall–Kier alpha value is -2.29. The van der Waals surface area contributed by atoms with Gasteiger partial charge in [0.2, 0.25) is 5.91 Å². The number of esters is 1. The first-order chi connectivity index (χ1) is 18.2. The zero-order valence-electron chi connectivity index (χ0n) is 22.1. The van der Waals surface area contributed by atoms with Crippen molar-refractivity contribution in [1.29, 1.82) is 0 Å². The van der Waals surface area contributed by atoms with Crippen LogP contribution in [0.4, 0.5) is 5.69 Å².